The molecule has 0 spiro atoms. The first kappa shape index (κ1) is 19.1. The molecule has 0 radical (unpaired) electrons. The van der Waals surface area contributed by atoms with Crippen molar-refractivity contribution < 1.29 is 14.3 Å². The molecule has 1 fully saturated rings. The summed E-state index contributed by atoms with van der Waals surface area (Å²) < 4.78 is 11.9. The summed E-state index contributed by atoms with van der Waals surface area (Å²) in [7, 11) is 0. The molecule has 1 aliphatic heterocycles. The highest BCUT2D eigenvalue weighted by molar-refractivity contribution is 9.10. The summed E-state index contributed by atoms with van der Waals surface area (Å²) in [4.78, 5) is 14.2. The fourth-order valence-corrected chi connectivity index (χ4v) is 3.21. The van der Waals surface area contributed by atoms with Gasteiger partial charge in [0, 0.05) is 30.1 Å². The minimum absolute atomic E-state index is 0.140. The molecule has 6 heteroatoms. The van der Waals surface area contributed by atoms with Gasteiger partial charge in [0.25, 0.3) is 0 Å². The Morgan fingerprint density at radius 1 is 1.42 bits per heavy atom. The lowest BCUT2D eigenvalue weighted by Crippen LogP contribution is -2.40. The van der Waals surface area contributed by atoms with Crippen molar-refractivity contribution in [3.8, 4) is 5.75 Å². The van der Waals surface area contributed by atoms with Crippen LogP contribution in [0, 0.1) is 0 Å². The molecule has 1 N–H and O–H groups in total. The highest BCUT2D eigenvalue weighted by atomic mass is 79.9. The first-order valence-corrected chi connectivity index (χ1v) is 9.19. The van der Waals surface area contributed by atoms with Crippen molar-refractivity contribution in [1.82, 2.24) is 10.2 Å². The van der Waals surface area contributed by atoms with Crippen LogP contribution in [0.25, 0.3) is 0 Å². The zero-order chi connectivity index (χ0) is 17.7. The second kappa shape index (κ2) is 8.21. The zero-order valence-electron chi connectivity index (χ0n) is 14.9. The van der Waals surface area contributed by atoms with Gasteiger partial charge in [0.05, 0.1) is 6.61 Å². The molecule has 1 aromatic rings. The number of likely N-dealkylation sites (tertiary alicyclic amines) is 1. The number of rotatable bonds is 5. The lowest BCUT2D eigenvalue weighted by atomic mass is 10.2. The monoisotopic (exact) mass is 398 g/mol. The first-order chi connectivity index (χ1) is 11.3. The number of amides is 1. The van der Waals surface area contributed by atoms with Crippen LogP contribution in [-0.2, 0) is 11.3 Å². The number of carbonyl (C=O) groups is 1. The lowest BCUT2D eigenvalue weighted by molar-refractivity contribution is 0.0505. The first-order valence-electron chi connectivity index (χ1n) is 8.40. The summed E-state index contributed by atoms with van der Waals surface area (Å²) >= 11 is 3.62. The van der Waals surface area contributed by atoms with Crippen molar-refractivity contribution in [2.75, 3.05) is 19.7 Å². The summed E-state index contributed by atoms with van der Waals surface area (Å²) in [5.74, 6) is 0.874. The number of nitrogens with zero attached hydrogens (tertiary/aromatic N) is 1. The van der Waals surface area contributed by atoms with Gasteiger partial charge in [-0.3, -0.25) is 4.90 Å². The van der Waals surface area contributed by atoms with Gasteiger partial charge in [0.1, 0.15) is 11.4 Å². The third kappa shape index (κ3) is 5.98. The molecule has 1 heterocycles. The second-order valence-electron chi connectivity index (χ2n) is 7.05. The van der Waals surface area contributed by atoms with Crippen LogP contribution in [0.4, 0.5) is 4.79 Å². The topological polar surface area (TPSA) is 50.8 Å². The smallest absolute Gasteiger partial charge is 0.407 e. The Morgan fingerprint density at radius 2 is 2.17 bits per heavy atom. The van der Waals surface area contributed by atoms with Gasteiger partial charge in [-0.05, 0) is 51.8 Å². The maximum Gasteiger partial charge on any atom is 0.407 e. The van der Waals surface area contributed by atoms with Gasteiger partial charge in [-0.15, -0.1) is 0 Å². The van der Waals surface area contributed by atoms with Gasteiger partial charge in [0.15, 0.2) is 0 Å². The van der Waals surface area contributed by atoms with E-state index in [9.17, 15) is 4.79 Å². The van der Waals surface area contributed by atoms with Gasteiger partial charge in [0.2, 0.25) is 0 Å². The summed E-state index contributed by atoms with van der Waals surface area (Å²) in [6.45, 7) is 10.9. The minimum atomic E-state index is -0.463. The van der Waals surface area contributed by atoms with Crippen LogP contribution < -0.4 is 10.1 Å². The summed E-state index contributed by atoms with van der Waals surface area (Å²) in [5.41, 5.74) is 0.756. The molecule has 1 atom stereocenters. The molecule has 1 aliphatic rings. The van der Waals surface area contributed by atoms with Crippen LogP contribution in [0.3, 0.4) is 0 Å². The highest BCUT2D eigenvalue weighted by Crippen LogP contribution is 2.25. The molecule has 1 amide bonds. The molecule has 134 valence electrons. The molecule has 1 aromatic carbocycles. The predicted molar refractivity (Wildman–Crippen MR) is 98.4 cm³/mol. The molecule has 0 saturated carbocycles. The summed E-state index contributed by atoms with van der Waals surface area (Å²) in [6.07, 6.45) is 0.602. The van der Waals surface area contributed by atoms with Gasteiger partial charge >= 0.3 is 6.09 Å². The van der Waals surface area contributed by atoms with Crippen LogP contribution in [0.5, 0.6) is 5.75 Å². The average molecular weight is 399 g/mol. The lowest BCUT2D eigenvalue weighted by Gasteiger charge is -2.22. The molecule has 24 heavy (non-hydrogen) atoms. The molecule has 5 nitrogen and oxygen atoms in total. The largest absolute Gasteiger partial charge is 0.494 e. The molecule has 1 unspecified atom stereocenters. The fourth-order valence-electron chi connectivity index (χ4n) is 2.72. The van der Waals surface area contributed by atoms with Gasteiger partial charge in [-0.25, -0.2) is 4.79 Å². The second-order valence-corrected chi connectivity index (χ2v) is 7.91. The van der Waals surface area contributed by atoms with E-state index in [0.717, 1.165) is 36.3 Å². The number of alkyl carbamates (subject to hydrolysis) is 1. The number of hydrogen-bond donors (Lipinski definition) is 1. The van der Waals surface area contributed by atoms with Crippen molar-refractivity contribution >= 4 is 22.0 Å². The maximum absolute atomic E-state index is 11.9. The van der Waals surface area contributed by atoms with Crippen molar-refractivity contribution in [2.24, 2.45) is 0 Å². The van der Waals surface area contributed by atoms with Gasteiger partial charge < -0.3 is 14.8 Å². The highest BCUT2D eigenvalue weighted by Gasteiger charge is 2.26. The Bertz CT molecular complexity index is 572. The Labute approximate surface area is 152 Å². The molecule has 1 saturated heterocycles. The number of benzene rings is 1. The van der Waals surface area contributed by atoms with Gasteiger partial charge in [-0.1, -0.05) is 22.0 Å². The molecule has 0 aliphatic carbocycles. The van der Waals surface area contributed by atoms with E-state index in [1.165, 1.54) is 5.56 Å². The van der Waals surface area contributed by atoms with Crippen LogP contribution in [0.15, 0.2) is 22.7 Å². The Hall–Kier alpha value is -1.27. The Balaban J connectivity index is 1.84. The molecular weight excluding hydrogens is 372 g/mol. The van der Waals surface area contributed by atoms with E-state index in [4.69, 9.17) is 9.47 Å². The molecule has 0 aromatic heterocycles. The Morgan fingerprint density at radius 3 is 2.79 bits per heavy atom. The normalized spacial score (nSPS) is 18.5. The third-order valence-electron chi connectivity index (χ3n) is 3.72. The predicted octanol–water partition coefficient (Wildman–Crippen LogP) is 3.95. The third-order valence-corrected chi connectivity index (χ3v) is 4.46. The number of halogens is 1. The maximum atomic E-state index is 11.9. The SMILES string of the molecule is CCOc1ccc(CN2CCC(NC(=O)OC(C)(C)C)C2)c(Br)c1. The quantitative estimate of drug-likeness (QED) is 0.815. The number of nitrogens with one attached hydrogen (secondary N) is 1. The van der Waals surface area contributed by atoms with Crippen LogP contribution in [0.2, 0.25) is 0 Å². The van der Waals surface area contributed by atoms with E-state index in [0.29, 0.717) is 6.61 Å². The molecule has 0 bridgehead atoms. The number of ether oxygens (including phenoxy) is 2. The standard InChI is InChI=1S/C18H27BrN2O3/c1-5-23-15-7-6-13(16(19)10-15)11-21-9-8-14(12-21)20-17(22)24-18(2,3)4/h6-7,10,14H,5,8-9,11-12H2,1-4H3,(H,20,22). The van der Waals surface area contributed by atoms with E-state index >= 15 is 0 Å². The van der Waals surface area contributed by atoms with Crippen molar-refractivity contribution in [1.29, 1.82) is 0 Å². The average Bonchev–Trinajstić information content (AvgIpc) is 2.87. The molecule has 2 rings (SSSR count). The molecular formula is C18H27BrN2O3. The van der Waals surface area contributed by atoms with Crippen molar-refractivity contribution in [3.05, 3.63) is 28.2 Å². The van der Waals surface area contributed by atoms with Gasteiger partial charge in [-0.2, -0.15) is 0 Å². The zero-order valence-corrected chi connectivity index (χ0v) is 16.5. The minimum Gasteiger partial charge on any atom is -0.494 e. The van der Waals surface area contributed by atoms with Crippen LogP contribution >= 0.6 is 15.9 Å². The van der Waals surface area contributed by atoms with Crippen molar-refractivity contribution in [3.63, 3.8) is 0 Å². The van der Waals surface area contributed by atoms with Crippen molar-refractivity contribution in [2.45, 2.75) is 52.3 Å². The summed E-state index contributed by atoms with van der Waals surface area (Å²) in [5, 5.41) is 2.96. The van der Waals surface area contributed by atoms with E-state index in [-0.39, 0.29) is 12.1 Å². The summed E-state index contributed by atoms with van der Waals surface area (Å²) in [6, 6.07) is 6.23. The van der Waals surface area contributed by atoms with Crippen LogP contribution in [0.1, 0.15) is 39.7 Å². The van der Waals surface area contributed by atoms with E-state index in [1.807, 2.05) is 39.8 Å². The Kier molecular flexibility index (Phi) is 6.52. The van der Waals surface area contributed by atoms with Crippen LogP contribution in [-0.4, -0.2) is 42.3 Å². The number of carbonyl (C=O) groups excluding carboxylic acids is 1. The number of hydrogen-bond acceptors (Lipinski definition) is 4. The van der Waals surface area contributed by atoms with E-state index in [2.05, 4.69) is 32.2 Å². The van der Waals surface area contributed by atoms with E-state index < -0.39 is 5.60 Å². The fraction of sp³-hybridized carbons (Fsp3) is 0.611. The van der Waals surface area contributed by atoms with E-state index in [1.54, 1.807) is 0 Å².